The Labute approximate surface area is 225 Å². The fourth-order valence-electron chi connectivity index (χ4n) is 4.92. The van der Waals surface area contributed by atoms with E-state index in [2.05, 4.69) is 20.2 Å². The molecule has 1 unspecified atom stereocenters. The zero-order valence-corrected chi connectivity index (χ0v) is 22.8. The predicted octanol–water partition coefficient (Wildman–Crippen LogP) is 4.92. The van der Waals surface area contributed by atoms with Gasteiger partial charge in [0.15, 0.2) is 5.16 Å². The van der Waals surface area contributed by atoms with Crippen LogP contribution in [-0.4, -0.2) is 58.3 Å². The first kappa shape index (κ1) is 29.1. The van der Waals surface area contributed by atoms with Crippen LogP contribution in [0.25, 0.3) is 0 Å². The van der Waals surface area contributed by atoms with Gasteiger partial charge < -0.3 is 21.7 Å². The van der Waals surface area contributed by atoms with Gasteiger partial charge in [-0.3, -0.25) is 10.1 Å². The number of nitro groups is 1. The number of rotatable bonds is 16. The summed E-state index contributed by atoms with van der Waals surface area (Å²) in [5.74, 6) is 2.26. The third kappa shape index (κ3) is 11.7. The van der Waals surface area contributed by atoms with Crippen molar-refractivity contribution in [2.45, 2.75) is 69.4 Å². The van der Waals surface area contributed by atoms with Crippen molar-refractivity contribution in [1.82, 2.24) is 20.2 Å². The van der Waals surface area contributed by atoms with Gasteiger partial charge in [0.2, 0.25) is 0 Å². The van der Waals surface area contributed by atoms with E-state index < -0.39 is 0 Å². The Morgan fingerprint density at radius 3 is 2.43 bits per heavy atom. The Morgan fingerprint density at radius 2 is 1.68 bits per heavy atom. The smallest absolute Gasteiger partial charge is 0.269 e. The monoisotopic (exact) mass is 529 g/mol. The molecule has 2 aromatic rings. The van der Waals surface area contributed by atoms with E-state index in [0.29, 0.717) is 22.7 Å². The van der Waals surface area contributed by atoms with Gasteiger partial charge in [-0.1, -0.05) is 56.0 Å². The summed E-state index contributed by atoms with van der Waals surface area (Å²) in [5, 5.41) is 15.1. The number of benzene rings is 1. The molecule has 0 spiro atoms. The molecule has 3 rings (SSSR count). The van der Waals surface area contributed by atoms with Crippen LogP contribution in [0.1, 0.15) is 63.4 Å². The maximum absolute atomic E-state index is 11.0. The number of nitro benzene ring substituents is 1. The molecule has 0 radical (unpaired) electrons. The first-order valence-electron chi connectivity index (χ1n) is 13.7. The molecule has 9 nitrogen and oxygen atoms in total. The number of nitrogens with zero attached hydrogens (tertiary/aromatic N) is 4. The minimum Gasteiger partial charge on any atom is -0.383 e. The van der Waals surface area contributed by atoms with E-state index in [4.69, 9.17) is 11.5 Å². The summed E-state index contributed by atoms with van der Waals surface area (Å²) in [5.41, 5.74) is 12.9. The summed E-state index contributed by atoms with van der Waals surface area (Å²) in [7, 11) is 0. The average Bonchev–Trinajstić information content (AvgIpc) is 3.14. The van der Waals surface area contributed by atoms with Crippen molar-refractivity contribution in [3.8, 4) is 0 Å². The second kappa shape index (κ2) is 16.4. The van der Waals surface area contributed by atoms with Gasteiger partial charge in [0.05, 0.1) is 4.92 Å². The van der Waals surface area contributed by atoms with Gasteiger partial charge in [0, 0.05) is 37.0 Å². The summed E-state index contributed by atoms with van der Waals surface area (Å²) < 4.78 is 0. The highest BCUT2D eigenvalue weighted by Gasteiger charge is 2.13. The number of nitrogens with one attached hydrogen (secondary N) is 1. The number of hydrogen-bond donors (Lipinski definition) is 3. The van der Waals surface area contributed by atoms with Crippen molar-refractivity contribution in [1.29, 1.82) is 0 Å². The number of unbranched alkanes of at least 4 members (excludes halogenated alkanes) is 4. The number of hydrogen-bond acceptors (Lipinski definition) is 9. The molecule has 1 atom stereocenters. The highest BCUT2D eigenvalue weighted by Crippen LogP contribution is 2.25. The summed E-state index contributed by atoms with van der Waals surface area (Å²) >= 11 is 1.59. The number of thioether (sulfide) groups is 1. The van der Waals surface area contributed by atoms with E-state index in [-0.39, 0.29) is 10.6 Å². The molecule has 0 amide bonds. The van der Waals surface area contributed by atoms with E-state index in [1.165, 1.54) is 70.1 Å². The molecule has 1 aliphatic rings. The second-order valence-electron chi connectivity index (χ2n) is 9.99. The third-order valence-corrected chi connectivity index (χ3v) is 7.86. The minimum absolute atomic E-state index is 0.148. The van der Waals surface area contributed by atoms with Gasteiger partial charge in [-0.25, -0.2) is 9.97 Å². The van der Waals surface area contributed by atoms with E-state index in [1.54, 1.807) is 30.0 Å². The zero-order chi connectivity index (χ0) is 26.3. The fraction of sp³-hybridized carbons (Fsp3) is 0.630. The van der Waals surface area contributed by atoms with Crippen LogP contribution in [0.5, 0.6) is 0 Å². The number of nitrogens with two attached hydrogens (primary N) is 2. The van der Waals surface area contributed by atoms with Crippen molar-refractivity contribution < 1.29 is 4.92 Å². The number of nitrogen functional groups attached to an aromatic ring is 2. The SMILES string of the molecule is Nc1cc(N)nc(SCCCC(CCCCCCCN2CCCNCC2)Cc2ccc([N+](=O)[O-])cc2)n1. The molecule has 1 aliphatic heterocycles. The molecule has 2 heterocycles. The Kier molecular flexibility index (Phi) is 12.9. The fourth-order valence-corrected chi connectivity index (χ4v) is 5.75. The van der Waals surface area contributed by atoms with E-state index in [0.717, 1.165) is 38.1 Å². The number of anilines is 2. The normalized spacial score (nSPS) is 15.4. The lowest BCUT2D eigenvalue weighted by Gasteiger charge is -2.19. The molecule has 37 heavy (non-hydrogen) atoms. The van der Waals surface area contributed by atoms with Crippen LogP contribution in [0.2, 0.25) is 0 Å². The molecule has 1 aromatic heterocycles. The predicted molar refractivity (Wildman–Crippen MR) is 153 cm³/mol. The molecule has 10 heteroatoms. The quantitative estimate of drug-likeness (QED) is 0.0910. The van der Waals surface area contributed by atoms with Crippen LogP contribution in [0.15, 0.2) is 35.5 Å². The van der Waals surface area contributed by atoms with Crippen molar-refractivity contribution in [3.05, 3.63) is 46.0 Å². The van der Waals surface area contributed by atoms with Crippen molar-refractivity contribution in [2.24, 2.45) is 5.92 Å². The third-order valence-electron chi connectivity index (χ3n) is 6.92. The van der Waals surface area contributed by atoms with Gasteiger partial charge in [-0.05, 0) is 63.2 Å². The number of aromatic nitrogens is 2. The molecule has 5 N–H and O–H groups in total. The van der Waals surface area contributed by atoms with Gasteiger partial charge in [0.25, 0.3) is 5.69 Å². The first-order valence-corrected chi connectivity index (χ1v) is 14.7. The Morgan fingerprint density at radius 1 is 0.973 bits per heavy atom. The average molecular weight is 530 g/mol. The van der Waals surface area contributed by atoms with Crippen LogP contribution in [0.3, 0.4) is 0 Å². The van der Waals surface area contributed by atoms with E-state index >= 15 is 0 Å². The maximum Gasteiger partial charge on any atom is 0.269 e. The number of non-ortho nitro benzene ring substituents is 1. The van der Waals surface area contributed by atoms with Gasteiger partial charge in [-0.15, -0.1) is 0 Å². The largest absolute Gasteiger partial charge is 0.383 e. The Balaban J connectivity index is 1.39. The zero-order valence-electron chi connectivity index (χ0n) is 21.9. The molecular weight excluding hydrogens is 486 g/mol. The van der Waals surface area contributed by atoms with Crippen LogP contribution >= 0.6 is 11.8 Å². The van der Waals surface area contributed by atoms with Crippen LogP contribution in [0.4, 0.5) is 17.3 Å². The van der Waals surface area contributed by atoms with E-state index in [9.17, 15) is 10.1 Å². The second-order valence-corrected chi connectivity index (χ2v) is 11.0. The first-order chi connectivity index (χ1) is 18.0. The van der Waals surface area contributed by atoms with Crippen LogP contribution < -0.4 is 16.8 Å². The molecule has 1 aromatic carbocycles. The standard InChI is InChI=1S/C27H43N7O2S/c28-25-21-26(29)32-27(31-25)37-19-6-9-22(20-23-10-12-24(13-11-23)34(35)36)8-4-2-1-3-5-16-33-17-7-14-30-15-18-33/h10-13,21-22,30H,1-9,14-20H2,(H4,28,29,31,32). The van der Waals surface area contributed by atoms with E-state index in [1.807, 2.05) is 12.1 Å². The van der Waals surface area contributed by atoms with Gasteiger partial charge in [0.1, 0.15) is 11.6 Å². The Bertz CT molecular complexity index is 917. The molecule has 0 bridgehead atoms. The summed E-state index contributed by atoms with van der Waals surface area (Å²) in [4.78, 5) is 21.8. The van der Waals surface area contributed by atoms with Gasteiger partial charge in [-0.2, -0.15) is 0 Å². The lowest BCUT2D eigenvalue weighted by atomic mass is 9.90. The lowest BCUT2D eigenvalue weighted by Crippen LogP contribution is -2.29. The summed E-state index contributed by atoms with van der Waals surface area (Å²) in [6.45, 7) is 5.91. The maximum atomic E-state index is 11.0. The highest BCUT2D eigenvalue weighted by atomic mass is 32.2. The summed E-state index contributed by atoms with van der Waals surface area (Å²) in [6, 6.07) is 8.61. The molecule has 1 fully saturated rings. The Hall–Kier alpha value is -2.43. The highest BCUT2D eigenvalue weighted by molar-refractivity contribution is 7.99. The van der Waals surface area contributed by atoms with Crippen molar-refractivity contribution >= 4 is 29.1 Å². The summed E-state index contributed by atoms with van der Waals surface area (Å²) in [6.07, 6.45) is 11.9. The molecular formula is C27H43N7O2S. The minimum atomic E-state index is -0.340. The molecule has 0 aliphatic carbocycles. The van der Waals surface area contributed by atoms with Crippen molar-refractivity contribution in [2.75, 3.05) is 49.9 Å². The lowest BCUT2D eigenvalue weighted by molar-refractivity contribution is -0.384. The van der Waals surface area contributed by atoms with Gasteiger partial charge >= 0.3 is 0 Å². The van der Waals surface area contributed by atoms with Crippen LogP contribution in [-0.2, 0) is 6.42 Å². The van der Waals surface area contributed by atoms with Crippen molar-refractivity contribution in [3.63, 3.8) is 0 Å². The topological polar surface area (TPSA) is 136 Å². The van der Waals surface area contributed by atoms with Crippen LogP contribution in [0, 0.1) is 16.0 Å². The molecule has 1 saturated heterocycles. The molecule has 204 valence electrons. The molecule has 0 saturated carbocycles.